The Balaban J connectivity index is 1.65. The first-order valence-electron chi connectivity index (χ1n) is 10.4. The van der Waals surface area contributed by atoms with Crippen molar-refractivity contribution >= 4 is 21.9 Å². The number of hydrogen-bond acceptors (Lipinski definition) is 6. The highest BCUT2D eigenvalue weighted by molar-refractivity contribution is 7.89. The van der Waals surface area contributed by atoms with Crippen molar-refractivity contribution in [1.29, 1.82) is 0 Å². The van der Waals surface area contributed by atoms with E-state index in [1.807, 2.05) is 13.8 Å². The van der Waals surface area contributed by atoms with Crippen molar-refractivity contribution in [2.75, 3.05) is 13.2 Å². The van der Waals surface area contributed by atoms with Crippen molar-refractivity contribution in [1.82, 2.24) is 9.62 Å². The van der Waals surface area contributed by atoms with Gasteiger partial charge in [-0.2, -0.15) is 4.31 Å². The average Bonchev–Trinajstić information content (AvgIpc) is 3.11. The summed E-state index contributed by atoms with van der Waals surface area (Å²) in [5.74, 6) is -1.21. The topological polar surface area (TPSA) is 113 Å². The van der Waals surface area contributed by atoms with Gasteiger partial charge >= 0.3 is 5.97 Å². The van der Waals surface area contributed by atoms with Gasteiger partial charge in [0.25, 0.3) is 5.91 Å². The number of nitrogens with zero attached hydrogens (tertiary/aromatic N) is 1. The fourth-order valence-electron chi connectivity index (χ4n) is 4.02. The summed E-state index contributed by atoms with van der Waals surface area (Å²) in [5.41, 5.74) is 1.77. The van der Waals surface area contributed by atoms with E-state index in [0.29, 0.717) is 0 Å². The molecule has 30 heavy (non-hydrogen) atoms. The van der Waals surface area contributed by atoms with Crippen LogP contribution < -0.4 is 5.32 Å². The van der Waals surface area contributed by atoms with Crippen LogP contribution in [-0.4, -0.2) is 61.0 Å². The SMILES string of the molecule is Cc1ccc(S(=O)(=O)N2CC(O)C[C@H]2C(=O)OCC(=O)NC2CCCCC2)cc1C. The monoisotopic (exact) mass is 438 g/mol. The summed E-state index contributed by atoms with van der Waals surface area (Å²) in [6.45, 7) is 3.04. The van der Waals surface area contributed by atoms with Gasteiger partial charge in [0.2, 0.25) is 10.0 Å². The van der Waals surface area contributed by atoms with Crippen molar-refractivity contribution in [2.45, 2.75) is 75.5 Å². The zero-order chi connectivity index (χ0) is 21.9. The van der Waals surface area contributed by atoms with Crippen molar-refractivity contribution < 1.29 is 27.9 Å². The number of nitrogens with one attached hydrogen (secondary N) is 1. The highest BCUT2D eigenvalue weighted by atomic mass is 32.2. The van der Waals surface area contributed by atoms with E-state index in [4.69, 9.17) is 4.74 Å². The first-order chi connectivity index (χ1) is 14.2. The minimum atomic E-state index is -3.99. The van der Waals surface area contributed by atoms with E-state index in [-0.39, 0.29) is 23.9 Å². The number of sulfonamides is 1. The minimum absolute atomic E-state index is 0.0624. The Labute approximate surface area is 177 Å². The van der Waals surface area contributed by atoms with Gasteiger partial charge in [0.15, 0.2) is 6.61 Å². The summed E-state index contributed by atoms with van der Waals surface area (Å²) in [6, 6.07) is 3.68. The van der Waals surface area contributed by atoms with E-state index >= 15 is 0 Å². The highest BCUT2D eigenvalue weighted by Crippen LogP contribution is 2.28. The molecule has 0 bridgehead atoms. The lowest BCUT2D eigenvalue weighted by Crippen LogP contribution is -2.43. The predicted molar refractivity (Wildman–Crippen MR) is 110 cm³/mol. The maximum absolute atomic E-state index is 13.1. The lowest BCUT2D eigenvalue weighted by Gasteiger charge is -2.24. The van der Waals surface area contributed by atoms with Gasteiger partial charge < -0.3 is 15.2 Å². The van der Waals surface area contributed by atoms with Crippen LogP contribution in [0.25, 0.3) is 0 Å². The van der Waals surface area contributed by atoms with E-state index in [0.717, 1.165) is 47.5 Å². The third-order valence-corrected chi connectivity index (χ3v) is 7.78. The highest BCUT2D eigenvalue weighted by Gasteiger charge is 2.44. The van der Waals surface area contributed by atoms with E-state index in [9.17, 15) is 23.1 Å². The Kier molecular flexibility index (Phi) is 7.15. The molecule has 1 unspecified atom stereocenters. The molecule has 3 rings (SSSR count). The molecule has 1 aliphatic heterocycles. The number of aryl methyl sites for hydroxylation is 2. The molecule has 1 amide bonds. The molecule has 2 fully saturated rings. The molecule has 0 spiro atoms. The molecule has 1 saturated carbocycles. The molecule has 0 radical (unpaired) electrons. The van der Waals surface area contributed by atoms with E-state index < -0.39 is 40.7 Å². The fraction of sp³-hybridized carbons (Fsp3) is 0.619. The molecule has 166 valence electrons. The lowest BCUT2D eigenvalue weighted by atomic mass is 9.95. The summed E-state index contributed by atoms with van der Waals surface area (Å²) >= 11 is 0. The third kappa shape index (κ3) is 5.19. The van der Waals surface area contributed by atoms with Gasteiger partial charge in [-0.05, 0) is 49.9 Å². The molecule has 1 aromatic carbocycles. The van der Waals surface area contributed by atoms with Crippen molar-refractivity contribution in [3.05, 3.63) is 29.3 Å². The molecule has 1 aromatic rings. The van der Waals surface area contributed by atoms with Crippen LogP contribution in [0.2, 0.25) is 0 Å². The molecule has 2 N–H and O–H groups in total. The van der Waals surface area contributed by atoms with Crippen LogP contribution in [0.3, 0.4) is 0 Å². The molecule has 1 saturated heterocycles. The number of rotatable bonds is 6. The number of amides is 1. The number of carbonyl (C=O) groups excluding carboxylic acids is 2. The van der Waals surface area contributed by atoms with Gasteiger partial charge in [-0.15, -0.1) is 0 Å². The quantitative estimate of drug-likeness (QED) is 0.650. The largest absolute Gasteiger partial charge is 0.454 e. The van der Waals surface area contributed by atoms with Crippen LogP contribution in [0.4, 0.5) is 0 Å². The Hall–Kier alpha value is -1.97. The number of aliphatic hydroxyl groups excluding tert-OH is 1. The average molecular weight is 439 g/mol. The molecule has 2 atom stereocenters. The number of carbonyl (C=O) groups is 2. The summed E-state index contributed by atoms with van der Waals surface area (Å²) in [6.07, 6.45) is 4.09. The molecule has 1 aliphatic carbocycles. The first kappa shape index (κ1) is 22.7. The van der Waals surface area contributed by atoms with E-state index in [1.54, 1.807) is 12.1 Å². The number of β-amino-alcohol motifs (C(OH)–C–C–N with tert-alkyl or cyclic N) is 1. The zero-order valence-corrected chi connectivity index (χ0v) is 18.3. The second-order valence-corrected chi connectivity index (χ2v) is 10.1. The fourth-order valence-corrected chi connectivity index (χ4v) is 5.74. The van der Waals surface area contributed by atoms with Gasteiger partial charge in [-0.3, -0.25) is 9.59 Å². The van der Waals surface area contributed by atoms with Crippen LogP contribution in [-0.2, 0) is 24.3 Å². The normalized spacial score (nSPS) is 23.3. The Bertz CT molecular complexity index is 895. The van der Waals surface area contributed by atoms with Gasteiger partial charge in [-0.1, -0.05) is 25.3 Å². The summed E-state index contributed by atoms with van der Waals surface area (Å²) in [5, 5.41) is 12.9. The number of aliphatic hydroxyl groups is 1. The molecular weight excluding hydrogens is 408 g/mol. The molecule has 2 aliphatic rings. The van der Waals surface area contributed by atoms with Crippen molar-refractivity contribution in [3.63, 3.8) is 0 Å². The molecule has 0 aromatic heterocycles. The summed E-state index contributed by atoms with van der Waals surface area (Å²) in [7, 11) is -3.99. The van der Waals surface area contributed by atoms with Crippen LogP contribution in [0.1, 0.15) is 49.7 Å². The maximum atomic E-state index is 13.1. The molecule has 9 heteroatoms. The van der Waals surface area contributed by atoms with Gasteiger partial charge in [0.05, 0.1) is 11.0 Å². The van der Waals surface area contributed by atoms with Gasteiger partial charge in [-0.25, -0.2) is 8.42 Å². The number of hydrogen-bond donors (Lipinski definition) is 2. The third-order valence-electron chi connectivity index (χ3n) is 5.91. The zero-order valence-electron chi connectivity index (χ0n) is 17.5. The molecule has 1 heterocycles. The van der Waals surface area contributed by atoms with E-state index in [2.05, 4.69) is 5.32 Å². The first-order valence-corrected chi connectivity index (χ1v) is 11.9. The Morgan fingerprint density at radius 2 is 1.87 bits per heavy atom. The van der Waals surface area contributed by atoms with Crippen LogP contribution in [0.15, 0.2) is 23.1 Å². The van der Waals surface area contributed by atoms with E-state index in [1.165, 1.54) is 6.07 Å². The van der Waals surface area contributed by atoms with Crippen LogP contribution in [0.5, 0.6) is 0 Å². The second kappa shape index (κ2) is 9.45. The van der Waals surface area contributed by atoms with Crippen molar-refractivity contribution in [2.24, 2.45) is 0 Å². The van der Waals surface area contributed by atoms with Crippen LogP contribution in [0, 0.1) is 13.8 Å². The number of ether oxygens (including phenoxy) is 1. The summed E-state index contributed by atoms with van der Waals surface area (Å²) in [4.78, 5) is 24.7. The minimum Gasteiger partial charge on any atom is -0.454 e. The lowest BCUT2D eigenvalue weighted by molar-refractivity contribution is -0.152. The van der Waals surface area contributed by atoms with Gasteiger partial charge in [0.1, 0.15) is 6.04 Å². The predicted octanol–water partition coefficient (Wildman–Crippen LogP) is 1.42. The Morgan fingerprint density at radius 1 is 1.17 bits per heavy atom. The number of benzene rings is 1. The maximum Gasteiger partial charge on any atom is 0.325 e. The second-order valence-electron chi connectivity index (χ2n) is 8.24. The van der Waals surface area contributed by atoms with Crippen molar-refractivity contribution in [3.8, 4) is 0 Å². The van der Waals surface area contributed by atoms with Crippen LogP contribution >= 0.6 is 0 Å². The van der Waals surface area contributed by atoms with Gasteiger partial charge in [0, 0.05) is 19.0 Å². The Morgan fingerprint density at radius 3 is 2.53 bits per heavy atom. The number of esters is 1. The smallest absolute Gasteiger partial charge is 0.325 e. The standard InChI is InChI=1S/C21H30N2O6S/c1-14-8-9-18(10-15(14)2)30(27,28)23-12-17(24)11-19(23)21(26)29-13-20(25)22-16-6-4-3-5-7-16/h8-10,16-17,19,24H,3-7,11-13H2,1-2H3,(H,22,25)/t17?,19-/m0/s1. The molecule has 8 nitrogen and oxygen atoms in total. The summed E-state index contributed by atoms with van der Waals surface area (Å²) < 4.78 is 32.3. The molecular formula is C21H30N2O6S.